The van der Waals surface area contributed by atoms with E-state index in [0.29, 0.717) is 5.75 Å². The van der Waals surface area contributed by atoms with Crippen molar-refractivity contribution in [2.45, 2.75) is 0 Å². The summed E-state index contributed by atoms with van der Waals surface area (Å²) in [5.74, 6) is -0.0735. The number of nitro benzene ring substituents is 1. The molecule has 2 N–H and O–H groups in total. The number of nitro groups is 1. The van der Waals surface area contributed by atoms with Crippen LogP contribution in [-0.2, 0) is 0 Å². The molecule has 0 saturated heterocycles. The summed E-state index contributed by atoms with van der Waals surface area (Å²) in [6, 6.07) is 11.7. The highest BCUT2D eigenvalue weighted by atomic mass is 16.6. The molecule has 20 heavy (non-hydrogen) atoms. The van der Waals surface area contributed by atoms with Gasteiger partial charge in [-0.3, -0.25) is 15.4 Å². The number of nitrogens with one attached hydrogen (secondary N) is 1. The van der Waals surface area contributed by atoms with E-state index in [-0.39, 0.29) is 11.4 Å². The maximum atomic E-state index is 11.6. The van der Waals surface area contributed by atoms with Crippen LogP contribution in [0, 0.1) is 10.1 Å². The molecule has 0 spiro atoms. The molecule has 1 amide bonds. The number of phenols is 1. The Kier molecular flexibility index (Phi) is 3.80. The number of ether oxygens (including phenoxy) is 1. The van der Waals surface area contributed by atoms with Crippen molar-refractivity contribution < 1.29 is 19.6 Å². The molecule has 102 valence electrons. The fourth-order valence-corrected chi connectivity index (χ4v) is 1.47. The Morgan fingerprint density at radius 2 is 1.90 bits per heavy atom. The summed E-state index contributed by atoms with van der Waals surface area (Å²) >= 11 is 0. The van der Waals surface area contributed by atoms with Crippen LogP contribution in [0.3, 0.4) is 0 Å². The lowest BCUT2D eigenvalue weighted by atomic mass is 10.2. The van der Waals surface area contributed by atoms with Crippen LogP contribution in [0.5, 0.6) is 11.5 Å². The molecule has 0 radical (unpaired) electrons. The summed E-state index contributed by atoms with van der Waals surface area (Å²) in [6.07, 6.45) is -0.805. The van der Waals surface area contributed by atoms with Crippen LogP contribution in [0.4, 0.5) is 16.2 Å². The lowest BCUT2D eigenvalue weighted by Gasteiger charge is -2.07. The first kappa shape index (κ1) is 13.3. The van der Waals surface area contributed by atoms with Gasteiger partial charge in [0.25, 0.3) is 5.69 Å². The molecular formula is C13H10N2O5. The summed E-state index contributed by atoms with van der Waals surface area (Å²) in [4.78, 5) is 21.4. The van der Waals surface area contributed by atoms with E-state index in [9.17, 15) is 20.0 Å². The predicted octanol–water partition coefficient (Wildman–Crippen LogP) is 2.91. The number of phenolic OH excluding ortho intramolecular Hbond substituents is 1. The molecular weight excluding hydrogens is 264 g/mol. The van der Waals surface area contributed by atoms with Crippen molar-refractivity contribution in [3.63, 3.8) is 0 Å². The predicted molar refractivity (Wildman–Crippen MR) is 70.8 cm³/mol. The Balaban J connectivity index is 2.06. The average Bonchev–Trinajstić information content (AvgIpc) is 2.42. The Morgan fingerprint density at radius 1 is 1.20 bits per heavy atom. The number of anilines is 1. The van der Waals surface area contributed by atoms with E-state index in [1.165, 1.54) is 6.07 Å². The van der Waals surface area contributed by atoms with Crippen LogP contribution in [0.15, 0.2) is 48.5 Å². The Hall–Kier alpha value is -3.09. The van der Waals surface area contributed by atoms with Gasteiger partial charge in [0, 0.05) is 6.07 Å². The molecule has 0 atom stereocenters. The summed E-state index contributed by atoms with van der Waals surface area (Å²) in [6.45, 7) is 0. The van der Waals surface area contributed by atoms with Crippen LogP contribution >= 0.6 is 0 Å². The minimum absolute atomic E-state index is 0.0246. The van der Waals surface area contributed by atoms with Gasteiger partial charge in [0.05, 0.1) is 16.7 Å². The van der Waals surface area contributed by atoms with Gasteiger partial charge >= 0.3 is 6.09 Å². The summed E-state index contributed by atoms with van der Waals surface area (Å²) in [5, 5.41) is 22.4. The smallest absolute Gasteiger partial charge is 0.417 e. The molecule has 0 saturated carbocycles. The van der Waals surface area contributed by atoms with Crippen LogP contribution in [0.2, 0.25) is 0 Å². The second-order valence-electron chi connectivity index (χ2n) is 3.79. The molecule has 0 aromatic heterocycles. The van der Waals surface area contributed by atoms with E-state index in [4.69, 9.17) is 4.74 Å². The largest absolute Gasteiger partial charge is 0.506 e. The number of carbonyl (C=O) groups is 1. The van der Waals surface area contributed by atoms with Gasteiger partial charge in [-0.1, -0.05) is 18.2 Å². The van der Waals surface area contributed by atoms with Gasteiger partial charge < -0.3 is 9.84 Å². The average molecular weight is 274 g/mol. The van der Waals surface area contributed by atoms with Crippen molar-refractivity contribution in [1.29, 1.82) is 0 Å². The van der Waals surface area contributed by atoms with Gasteiger partial charge in [-0.2, -0.15) is 0 Å². The van der Waals surface area contributed by atoms with Crippen LogP contribution in [-0.4, -0.2) is 16.1 Å². The fourth-order valence-electron chi connectivity index (χ4n) is 1.47. The molecule has 2 aromatic rings. The zero-order valence-electron chi connectivity index (χ0n) is 10.1. The lowest BCUT2D eigenvalue weighted by molar-refractivity contribution is -0.384. The van der Waals surface area contributed by atoms with Gasteiger partial charge in [0.15, 0.2) is 0 Å². The molecule has 2 rings (SSSR count). The fraction of sp³-hybridized carbons (Fsp3) is 0. The van der Waals surface area contributed by atoms with Gasteiger partial charge in [0.1, 0.15) is 11.5 Å². The number of aromatic hydroxyl groups is 1. The zero-order valence-corrected chi connectivity index (χ0v) is 10.1. The highest BCUT2D eigenvalue weighted by Crippen LogP contribution is 2.28. The Morgan fingerprint density at radius 3 is 2.50 bits per heavy atom. The summed E-state index contributed by atoms with van der Waals surface area (Å²) in [7, 11) is 0. The molecule has 7 nitrogen and oxygen atoms in total. The second kappa shape index (κ2) is 5.70. The van der Waals surface area contributed by atoms with Crippen molar-refractivity contribution in [2.75, 3.05) is 5.32 Å². The highest BCUT2D eigenvalue weighted by Gasteiger charge is 2.12. The molecule has 2 aromatic carbocycles. The number of non-ortho nitro benzene ring substituents is 1. The molecule has 0 aliphatic carbocycles. The van der Waals surface area contributed by atoms with Crippen LogP contribution < -0.4 is 10.1 Å². The van der Waals surface area contributed by atoms with E-state index >= 15 is 0 Å². The van der Waals surface area contributed by atoms with Crippen LogP contribution in [0.1, 0.15) is 0 Å². The number of carbonyl (C=O) groups excluding carboxylic acids is 1. The highest BCUT2D eigenvalue weighted by molar-refractivity contribution is 5.88. The first-order chi connectivity index (χ1) is 9.56. The third-order valence-electron chi connectivity index (χ3n) is 2.38. The lowest BCUT2D eigenvalue weighted by Crippen LogP contribution is -2.16. The van der Waals surface area contributed by atoms with Gasteiger partial charge in [-0.25, -0.2) is 4.79 Å². The molecule has 7 heteroatoms. The molecule has 0 bridgehead atoms. The van der Waals surface area contributed by atoms with Crippen molar-refractivity contribution in [2.24, 2.45) is 0 Å². The van der Waals surface area contributed by atoms with E-state index in [1.807, 2.05) is 0 Å². The quantitative estimate of drug-likeness (QED) is 0.509. The van der Waals surface area contributed by atoms with Crippen molar-refractivity contribution >= 4 is 17.5 Å². The summed E-state index contributed by atoms with van der Waals surface area (Å²) in [5.41, 5.74) is -0.249. The normalized spacial score (nSPS) is 9.80. The number of hydrogen-bond acceptors (Lipinski definition) is 5. The van der Waals surface area contributed by atoms with E-state index < -0.39 is 16.8 Å². The Labute approximate surface area is 113 Å². The second-order valence-corrected chi connectivity index (χ2v) is 3.79. The van der Waals surface area contributed by atoms with Gasteiger partial charge in [-0.15, -0.1) is 0 Å². The minimum atomic E-state index is -0.805. The van der Waals surface area contributed by atoms with Crippen molar-refractivity contribution in [3.8, 4) is 11.5 Å². The molecule has 0 heterocycles. The standard InChI is InChI=1S/C13H10N2O5/c16-12-8-9(15(18)19)6-7-11(12)14-13(17)20-10-4-2-1-3-5-10/h1-8,16H,(H,14,17). The zero-order chi connectivity index (χ0) is 14.5. The van der Waals surface area contributed by atoms with Crippen molar-refractivity contribution in [3.05, 3.63) is 58.6 Å². The maximum Gasteiger partial charge on any atom is 0.417 e. The maximum absolute atomic E-state index is 11.6. The third-order valence-corrected chi connectivity index (χ3v) is 2.38. The van der Waals surface area contributed by atoms with Gasteiger partial charge in [0.2, 0.25) is 0 Å². The number of nitrogens with zero attached hydrogens (tertiary/aromatic N) is 1. The molecule has 0 aliphatic heterocycles. The summed E-state index contributed by atoms with van der Waals surface area (Å²) < 4.78 is 4.96. The van der Waals surface area contributed by atoms with Crippen LogP contribution in [0.25, 0.3) is 0 Å². The van der Waals surface area contributed by atoms with Gasteiger partial charge in [-0.05, 0) is 18.2 Å². The number of benzene rings is 2. The number of amides is 1. The first-order valence-corrected chi connectivity index (χ1v) is 5.57. The number of para-hydroxylation sites is 1. The first-order valence-electron chi connectivity index (χ1n) is 5.57. The molecule has 0 unspecified atom stereocenters. The van der Waals surface area contributed by atoms with E-state index in [0.717, 1.165) is 12.1 Å². The number of hydrogen-bond donors (Lipinski definition) is 2. The van der Waals surface area contributed by atoms with Crippen molar-refractivity contribution in [1.82, 2.24) is 0 Å². The minimum Gasteiger partial charge on any atom is -0.506 e. The topological polar surface area (TPSA) is 102 Å². The third kappa shape index (κ3) is 3.22. The van der Waals surface area contributed by atoms with E-state index in [2.05, 4.69) is 5.32 Å². The van der Waals surface area contributed by atoms with E-state index in [1.54, 1.807) is 30.3 Å². The number of rotatable bonds is 3. The molecule has 0 aliphatic rings. The monoisotopic (exact) mass is 274 g/mol. The molecule has 0 fully saturated rings. The Bertz CT molecular complexity index is 642. The SMILES string of the molecule is O=C(Nc1ccc([N+](=O)[O-])cc1O)Oc1ccccc1.